The lowest BCUT2D eigenvalue weighted by molar-refractivity contribution is -0.139. The molecular formula is C11H17NO3. The van der Waals surface area contributed by atoms with E-state index in [9.17, 15) is 9.59 Å². The first kappa shape index (κ1) is 10.5. The zero-order valence-electron chi connectivity index (χ0n) is 8.98. The fraction of sp³-hybridized carbons (Fsp3) is 0.818. The second-order valence-corrected chi connectivity index (χ2v) is 4.75. The topological polar surface area (TPSA) is 57.6 Å². The SMILES string of the molecule is CC(=O)N1C2CCC1CC(CC(=O)O)C2. The van der Waals surface area contributed by atoms with Gasteiger partial charge in [0.05, 0.1) is 0 Å². The summed E-state index contributed by atoms with van der Waals surface area (Å²) in [6.07, 6.45) is 4.13. The highest BCUT2D eigenvalue weighted by atomic mass is 16.4. The Morgan fingerprint density at radius 1 is 1.27 bits per heavy atom. The number of carbonyl (C=O) groups is 2. The van der Waals surface area contributed by atoms with Gasteiger partial charge >= 0.3 is 5.97 Å². The average Bonchev–Trinajstić information content (AvgIpc) is 2.38. The first-order valence-corrected chi connectivity index (χ1v) is 5.58. The van der Waals surface area contributed by atoms with E-state index in [2.05, 4.69) is 0 Å². The summed E-state index contributed by atoms with van der Waals surface area (Å²) in [4.78, 5) is 24.0. The molecule has 15 heavy (non-hydrogen) atoms. The lowest BCUT2D eigenvalue weighted by atomic mass is 9.88. The number of carboxylic acid groups (broad SMARTS) is 1. The third-order valence-corrected chi connectivity index (χ3v) is 3.66. The van der Waals surface area contributed by atoms with Crippen molar-refractivity contribution in [3.63, 3.8) is 0 Å². The Bertz CT molecular complexity index is 276. The fourth-order valence-corrected chi connectivity index (χ4v) is 3.22. The predicted octanol–water partition coefficient (Wildman–Crippen LogP) is 1.25. The van der Waals surface area contributed by atoms with E-state index in [1.807, 2.05) is 4.90 Å². The highest BCUT2D eigenvalue weighted by molar-refractivity contribution is 5.74. The highest BCUT2D eigenvalue weighted by Crippen LogP contribution is 2.39. The van der Waals surface area contributed by atoms with Crippen LogP contribution < -0.4 is 0 Å². The largest absolute Gasteiger partial charge is 0.481 e. The minimum atomic E-state index is -0.712. The molecule has 4 nitrogen and oxygen atoms in total. The molecule has 0 spiro atoms. The molecule has 2 heterocycles. The molecule has 0 saturated carbocycles. The molecule has 2 bridgehead atoms. The van der Waals surface area contributed by atoms with Gasteiger partial charge in [0.1, 0.15) is 0 Å². The van der Waals surface area contributed by atoms with Crippen LogP contribution in [0.4, 0.5) is 0 Å². The molecule has 84 valence electrons. The van der Waals surface area contributed by atoms with Crippen LogP contribution in [0.3, 0.4) is 0 Å². The van der Waals surface area contributed by atoms with E-state index in [4.69, 9.17) is 5.11 Å². The molecule has 0 aromatic heterocycles. The van der Waals surface area contributed by atoms with Gasteiger partial charge in [-0.1, -0.05) is 0 Å². The van der Waals surface area contributed by atoms with Crippen LogP contribution in [-0.2, 0) is 9.59 Å². The Balaban J connectivity index is 2.01. The molecule has 1 amide bonds. The summed E-state index contributed by atoms with van der Waals surface area (Å²) in [5.41, 5.74) is 0. The zero-order chi connectivity index (χ0) is 11.0. The molecule has 0 radical (unpaired) electrons. The number of carboxylic acids is 1. The van der Waals surface area contributed by atoms with Crippen molar-refractivity contribution >= 4 is 11.9 Å². The van der Waals surface area contributed by atoms with Crippen molar-refractivity contribution in [1.29, 1.82) is 0 Å². The van der Waals surface area contributed by atoms with Gasteiger partial charge in [-0.25, -0.2) is 0 Å². The van der Waals surface area contributed by atoms with Crippen molar-refractivity contribution in [2.75, 3.05) is 0 Å². The molecular weight excluding hydrogens is 194 g/mol. The predicted molar refractivity (Wildman–Crippen MR) is 54.3 cm³/mol. The fourth-order valence-electron chi connectivity index (χ4n) is 3.22. The molecule has 2 saturated heterocycles. The minimum Gasteiger partial charge on any atom is -0.481 e. The molecule has 1 N–H and O–H groups in total. The van der Waals surface area contributed by atoms with Crippen LogP contribution in [0.1, 0.15) is 39.0 Å². The summed E-state index contributed by atoms with van der Waals surface area (Å²) >= 11 is 0. The van der Waals surface area contributed by atoms with Crippen LogP contribution in [-0.4, -0.2) is 34.0 Å². The van der Waals surface area contributed by atoms with Crippen LogP contribution in [0.15, 0.2) is 0 Å². The standard InChI is InChI=1S/C11H17NO3/c1-7(13)12-9-2-3-10(12)5-8(4-9)6-11(14)15/h8-10H,2-6H2,1H3,(H,14,15). The van der Waals surface area contributed by atoms with E-state index in [1.54, 1.807) is 6.92 Å². The van der Waals surface area contributed by atoms with Crippen molar-refractivity contribution in [3.8, 4) is 0 Å². The third-order valence-electron chi connectivity index (χ3n) is 3.66. The zero-order valence-corrected chi connectivity index (χ0v) is 8.98. The highest BCUT2D eigenvalue weighted by Gasteiger charge is 2.42. The molecule has 2 unspecified atom stereocenters. The summed E-state index contributed by atoms with van der Waals surface area (Å²) in [5.74, 6) is -0.289. The number of aliphatic carboxylic acids is 1. The van der Waals surface area contributed by atoms with Crippen LogP contribution in [0.25, 0.3) is 0 Å². The number of amides is 1. The van der Waals surface area contributed by atoms with Gasteiger partial charge in [0, 0.05) is 25.4 Å². The Kier molecular flexibility index (Phi) is 2.67. The van der Waals surface area contributed by atoms with E-state index >= 15 is 0 Å². The second-order valence-electron chi connectivity index (χ2n) is 4.75. The molecule has 2 aliphatic rings. The number of hydrogen-bond donors (Lipinski definition) is 1. The maximum atomic E-state index is 11.4. The molecule has 0 aliphatic carbocycles. The smallest absolute Gasteiger partial charge is 0.303 e. The van der Waals surface area contributed by atoms with Gasteiger partial charge in [-0.15, -0.1) is 0 Å². The molecule has 2 atom stereocenters. The molecule has 0 aromatic carbocycles. The second kappa shape index (κ2) is 3.83. The van der Waals surface area contributed by atoms with E-state index in [1.165, 1.54) is 0 Å². The first-order chi connectivity index (χ1) is 7.08. The number of hydrogen-bond acceptors (Lipinski definition) is 2. The van der Waals surface area contributed by atoms with Crippen molar-refractivity contribution in [1.82, 2.24) is 4.90 Å². The normalized spacial score (nSPS) is 34.2. The summed E-state index contributed by atoms with van der Waals surface area (Å²) < 4.78 is 0. The molecule has 2 aliphatic heterocycles. The number of fused-ring (bicyclic) bond motifs is 2. The van der Waals surface area contributed by atoms with Gasteiger partial charge in [-0.2, -0.15) is 0 Å². The monoisotopic (exact) mass is 211 g/mol. The third kappa shape index (κ3) is 1.98. The van der Waals surface area contributed by atoms with Crippen LogP contribution in [0, 0.1) is 5.92 Å². The first-order valence-electron chi connectivity index (χ1n) is 5.58. The summed E-state index contributed by atoms with van der Waals surface area (Å²) in [7, 11) is 0. The molecule has 2 rings (SSSR count). The van der Waals surface area contributed by atoms with Crippen molar-refractivity contribution in [3.05, 3.63) is 0 Å². The van der Waals surface area contributed by atoms with E-state index in [0.717, 1.165) is 25.7 Å². The van der Waals surface area contributed by atoms with Crippen molar-refractivity contribution < 1.29 is 14.7 Å². The Morgan fingerprint density at radius 2 is 1.80 bits per heavy atom. The quantitative estimate of drug-likeness (QED) is 0.747. The van der Waals surface area contributed by atoms with Gasteiger partial charge in [0.25, 0.3) is 0 Å². The lowest BCUT2D eigenvalue weighted by Gasteiger charge is -2.38. The van der Waals surface area contributed by atoms with E-state index < -0.39 is 5.97 Å². The summed E-state index contributed by atoms with van der Waals surface area (Å²) in [6.45, 7) is 1.61. The maximum absolute atomic E-state index is 11.4. The van der Waals surface area contributed by atoms with Crippen molar-refractivity contribution in [2.24, 2.45) is 5.92 Å². The van der Waals surface area contributed by atoms with Gasteiger partial charge < -0.3 is 10.0 Å². The number of carbonyl (C=O) groups excluding carboxylic acids is 1. The lowest BCUT2D eigenvalue weighted by Crippen LogP contribution is -2.45. The van der Waals surface area contributed by atoms with Gasteiger partial charge in [0.2, 0.25) is 5.91 Å². The molecule has 4 heteroatoms. The van der Waals surface area contributed by atoms with Gasteiger partial charge in [0.15, 0.2) is 0 Å². The van der Waals surface area contributed by atoms with E-state index in [0.29, 0.717) is 12.1 Å². The molecule has 0 aromatic rings. The van der Waals surface area contributed by atoms with Crippen LogP contribution in [0.2, 0.25) is 0 Å². The maximum Gasteiger partial charge on any atom is 0.303 e. The average molecular weight is 211 g/mol. The van der Waals surface area contributed by atoms with Gasteiger partial charge in [-0.3, -0.25) is 9.59 Å². The van der Waals surface area contributed by atoms with Crippen LogP contribution in [0.5, 0.6) is 0 Å². The number of rotatable bonds is 2. The minimum absolute atomic E-state index is 0.149. The number of nitrogens with zero attached hydrogens (tertiary/aromatic N) is 1. The number of piperidine rings is 1. The molecule has 2 fully saturated rings. The Labute approximate surface area is 89.3 Å². The van der Waals surface area contributed by atoms with Crippen molar-refractivity contribution in [2.45, 2.75) is 51.1 Å². The summed E-state index contributed by atoms with van der Waals surface area (Å²) in [6, 6.07) is 0.621. The Hall–Kier alpha value is -1.06. The van der Waals surface area contributed by atoms with Crippen LogP contribution >= 0.6 is 0 Å². The Morgan fingerprint density at radius 3 is 2.20 bits per heavy atom. The van der Waals surface area contributed by atoms with Gasteiger partial charge in [-0.05, 0) is 31.6 Å². The summed E-state index contributed by atoms with van der Waals surface area (Å²) in [5, 5.41) is 8.75. The van der Waals surface area contributed by atoms with E-state index in [-0.39, 0.29) is 18.2 Å².